The van der Waals surface area contributed by atoms with Gasteiger partial charge in [0.2, 0.25) is 5.41 Å². The molecule has 0 rings (SSSR count). The molecular formula is C23H19F17O9. The summed E-state index contributed by atoms with van der Waals surface area (Å²) in [7, 11) is 0. The van der Waals surface area contributed by atoms with Crippen LogP contribution >= 0.6 is 0 Å². The minimum Gasteiger partial charge on any atom is -0.459 e. The number of carbonyl (C=O) groups excluding carboxylic acids is 3. The average molecular weight is 762 g/mol. The third kappa shape index (κ3) is 10.4. The number of carbonyl (C=O) groups is 3. The molecule has 3 atom stereocenters. The molecule has 0 heterocycles. The Hall–Kier alpha value is -3.68. The minimum atomic E-state index is -7.58. The summed E-state index contributed by atoms with van der Waals surface area (Å²) in [5.41, 5.74) is -7.03. The highest BCUT2D eigenvalue weighted by molar-refractivity contribution is 5.81. The number of alkyl halides is 17. The van der Waals surface area contributed by atoms with Crippen molar-refractivity contribution in [3.63, 3.8) is 0 Å². The zero-order valence-corrected chi connectivity index (χ0v) is 23.7. The van der Waals surface area contributed by atoms with Gasteiger partial charge in [0.05, 0.1) is 0 Å². The van der Waals surface area contributed by atoms with E-state index in [1.807, 2.05) is 0 Å². The SMILES string of the molecule is C=CC(=O)OCC(OC(F)(F)C(C)(C(F)(F)OC(F)(COC(=O)C=C)C(F)(F)F)C(F)(F)OC(F)(COC(=O)C=C)C(F)(F)F)C(F)(F)F. The summed E-state index contributed by atoms with van der Waals surface area (Å²) < 4.78 is 261. The van der Waals surface area contributed by atoms with Crippen LogP contribution in [0.4, 0.5) is 74.6 Å². The fourth-order valence-corrected chi connectivity index (χ4v) is 2.61. The lowest BCUT2D eigenvalue weighted by Crippen LogP contribution is -2.70. The number of hydrogen-bond donors (Lipinski definition) is 0. The first-order valence-corrected chi connectivity index (χ1v) is 11.8. The van der Waals surface area contributed by atoms with Crippen LogP contribution in [0.3, 0.4) is 0 Å². The summed E-state index contributed by atoms with van der Waals surface area (Å²) >= 11 is 0. The Morgan fingerprint density at radius 1 is 0.551 bits per heavy atom. The molecule has 284 valence electrons. The Kier molecular flexibility index (Phi) is 13.9. The van der Waals surface area contributed by atoms with Crippen LogP contribution in [0.1, 0.15) is 6.92 Å². The molecule has 0 aromatic carbocycles. The lowest BCUT2D eigenvalue weighted by molar-refractivity contribution is -0.547. The smallest absolute Gasteiger partial charge is 0.452 e. The topological polar surface area (TPSA) is 107 Å². The van der Waals surface area contributed by atoms with Crippen molar-refractivity contribution in [1.82, 2.24) is 0 Å². The van der Waals surface area contributed by atoms with Gasteiger partial charge in [0, 0.05) is 18.2 Å². The molecule has 0 bridgehead atoms. The molecule has 0 saturated carbocycles. The highest BCUT2D eigenvalue weighted by Gasteiger charge is 2.85. The first-order valence-electron chi connectivity index (χ1n) is 11.8. The van der Waals surface area contributed by atoms with Gasteiger partial charge in [0.25, 0.3) is 0 Å². The molecule has 0 aliphatic heterocycles. The van der Waals surface area contributed by atoms with Crippen molar-refractivity contribution in [2.45, 2.75) is 61.6 Å². The van der Waals surface area contributed by atoms with E-state index in [-0.39, 0.29) is 18.2 Å². The van der Waals surface area contributed by atoms with E-state index in [1.54, 1.807) is 0 Å². The first kappa shape index (κ1) is 45.3. The van der Waals surface area contributed by atoms with E-state index in [1.165, 1.54) is 0 Å². The molecule has 0 spiro atoms. The molecule has 0 aromatic rings. The summed E-state index contributed by atoms with van der Waals surface area (Å²) in [6.45, 7) is -2.92. The van der Waals surface area contributed by atoms with E-state index >= 15 is 26.3 Å². The molecule has 0 radical (unpaired) electrons. The Morgan fingerprint density at radius 3 is 1.12 bits per heavy atom. The standard InChI is InChI=1S/C23H19F17O9/c1-5-12(41)44-8-11(18(26,27)28)47-21(35,36)15(4,22(37,38)48-16(24,19(29,30)31)9-45-13(42)6-2)23(39,40)49-17(25,20(32,33)34)10-46-14(43)7-3/h5-7,11H,1-3,8-10H2,4H3. The van der Waals surface area contributed by atoms with Crippen LogP contribution in [-0.2, 0) is 42.8 Å². The Labute approximate surface area is 261 Å². The average Bonchev–Trinajstić information content (AvgIpc) is 2.93. The summed E-state index contributed by atoms with van der Waals surface area (Å²) in [4.78, 5) is 33.2. The maximum atomic E-state index is 15.3. The largest absolute Gasteiger partial charge is 0.459 e. The lowest BCUT2D eigenvalue weighted by Gasteiger charge is -2.48. The van der Waals surface area contributed by atoms with Crippen molar-refractivity contribution in [1.29, 1.82) is 0 Å². The van der Waals surface area contributed by atoms with Gasteiger partial charge in [-0.05, 0) is 6.92 Å². The normalized spacial score (nSPS) is 17.8. The van der Waals surface area contributed by atoms with Gasteiger partial charge in [0.1, 0.15) is 6.61 Å². The van der Waals surface area contributed by atoms with Crippen molar-refractivity contribution in [2.75, 3.05) is 19.8 Å². The third-order valence-electron chi connectivity index (χ3n) is 5.51. The molecule has 0 fully saturated rings. The molecule has 0 saturated heterocycles. The molecule has 0 aliphatic rings. The first-order chi connectivity index (χ1) is 21.6. The molecule has 3 unspecified atom stereocenters. The summed E-state index contributed by atoms with van der Waals surface area (Å²) in [6, 6.07) is 0. The Morgan fingerprint density at radius 2 is 0.857 bits per heavy atom. The molecule has 26 heteroatoms. The summed E-state index contributed by atoms with van der Waals surface area (Å²) in [5, 5.41) is 0. The number of halogens is 17. The van der Waals surface area contributed by atoms with E-state index in [9.17, 15) is 62.7 Å². The Bertz CT molecular complexity index is 1170. The van der Waals surface area contributed by atoms with Gasteiger partial charge >= 0.3 is 66.5 Å². The molecule has 0 aromatic heterocycles. The zero-order valence-electron chi connectivity index (χ0n) is 23.7. The maximum Gasteiger partial charge on any atom is 0.452 e. The quantitative estimate of drug-likeness (QED) is 0.0680. The second-order valence-corrected chi connectivity index (χ2v) is 8.94. The number of esters is 3. The summed E-state index contributed by atoms with van der Waals surface area (Å²) in [5.74, 6) is -19.1. The van der Waals surface area contributed by atoms with Gasteiger partial charge in [-0.3, -0.25) is 9.47 Å². The van der Waals surface area contributed by atoms with Gasteiger partial charge in [-0.15, -0.1) is 0 Å². The van der Waals surface area contributed by atoms with Crippen LogP contribution in [0, 0.1) is 5.41 Å². The maximum absolute atomic E-state index is 15.3. The zero-order chi connectivity index (χ0) is 39.3. The van der Waals surface area contributed by atoms with E-state index in [2.05, 4.69) is 48.2 Å². The minimum absolute atomic E-state index is 0.0357. The second kappa shape index (κ2) is 15.1. The number of ether oxygens (including phenoxy) is 6. The van der Waals surface area contributed by atoms with Gasteiger partial charge in [0.15, 0.2) is 19.3 Å². The van der Waals surface area contributed by atoms with Crippen molar-refractivity contribution < 1.29 is 117 Å². The van der Waals surface area contributed by atoms with E-state index < -0.39 is 105 Å². The molecule has 49 heavy (non-hydrogen) atoms. The van der Waals surface area contributed by atoms with Crippen molar-refractivity contribution >= 4 is 17.9 Å². The van der Waals surface area contributed by atoms with Crippen LogP contribution < -0.4 is 0 Å². The fourth-order valence-electron chi connectivity index (χ4n) is 2.61. The molecule has 9 nitrogen and oxygen atoms in total. The third-order valence-corrected chi connectivity index (χ3v) is 5.51. The van der Waals surface area contributed by atoms with Gasteiger partial charge in [-0.25, -0.2) is 14.4 Å². The van der Waals surface area contributed by atoms with Crippen LogP contribution in [-0.4, -0.2) is 92.4 Å². The van der Waals surface area contributed by atoms with Crippen LogP contribution in [0.2, 0.25) is 0 Å². The van der Waals surface area contributed by atoms with Gasteiger partial charge in [-0.2, -0.15) is 74.6 Å². The monoisotopic (exact) mass is 762 g/mol. The van der Waals surface area contributed by atoms with Crippen molar-refractivity contribution in [2.24, 2.45) is 5.41 Å². The van der Waals surface area contributed by atoms with E-state index in [4.69, 9.17) is 0 Å². The van der Waals surface area contributed by atoms with Crippen LogP contribution in [0.25, 0.3) is 0 Å². The molecule has 0 aliphatic carbocycles. The molecule has 0 N–H and O–H groups in total. The highest BCUT2D eigenvalue weighted by atomic mass is 19.4. The predicted octanol–water partition coefficient (Wildman–Crippen LogP) is 6.40. The highest BCUT2D eigenvalue weighted by Crippen LogP contribution is 2.62. The number of hydrogen-bond acceptors (Lipinski definition) is 9. The summed E-state index contributed by atoms with van der Waals surface area (Å²) in [6.07, 6.45) is -47.8. The van der Waals surface area contributed by atoms with E-state index in [0.717, 1.165) is 0 Å². The molecular weight excluding hydrogens is 743 g/mol. The van der Waals surface area contributed by atoms with E-state index in [0.29, 0.717) is 0 Å². The fraction of sp³-hybridized carbons (Fsp3) is 0.609. The Balaban J connectivity index is 7.73. The van der Waals surface area contributed by atoms with Crippen molar-refractivity contribution in [3.8, 4) is 0 Å². The van der Waals surface area contributed by atoms with Gasteiger partial charge in [-0.1, -0.05) is 19.7 Å². The molecule has 0 amide bonds. The lowest BCUT2D eigenvalue weighted by atomic mass is 9.84. The van der Waals surface area contributed by atoms with Crippen LogP contribution in [0.15, 0.2) is 38.0 Å². The van der Waals surface area contributed by atoms with Crippen molar-refractivity contribution in [3.05, 3.63) is 38.0 Å². The van der Waals surface area contributed by atoms with Gasteiger partial charge < -0.3 is 18.9 Å². The number of rotatable bonds is 18. The second-order valence-electron chi connectivity index (χ2n) is 8.94. The van der Waals surface area contributed by atoms with Crippen LogP contribution in [0.5, 0.6) is 0 Å². The predicted molar refractivity (Wildman–Crippen MR) is 119 cm³/mol.